The summed E-state index contributed by atoms with van der Waals surface area (Å²) in [6.07, 6.45) is 2.16. The molecule has 2 aromatic rings. The molecule has 1 heterocycles. The fraction of sp³-hybridized carbons (Fsp3) is 0.438. The lowest BCUT2D eigenvalue weighted by atomic mass is 10.1. The van der Waals surface area contributed by atoms with Crippen molar-refractivity contribution < 1.29 is 0 Å². The van der Waals surface area contributed by atoms with E-state index in [0.717, 1.165) is 24.9 Å². The maximum absolute atomic E-state index is 4.75. The second-order valence-electron chi connectivity index (χ2n) is 5.04. The van der Waals surface area contributed by atoms with Crippen LogP contribution in [0.15, 0.2) is 24.3 Å². The van der Waals surface area contributed by atoms with Crippen LogP contribution in [0.2, 0.25) is 0 Å². The quantitative estimate of drug-likeness (QED) is 0.885. The number of benzene rings is 1. The molecular formula is C16H23N3. The molecule has 0 amide bonds. The molecule has 2 rings (SSSR count). The van der Waals surface area contributed by atoms with Gasteiger partial charge in [-0.2, -0.15) is 0 Å². The molecule has 0 bridgehead atoms. The summed E-state index contributed by atoms with van der Waals surface area (Å²) < 4.78 is 0. The third-order valence-electron chi connectivity index (χ3n) is 3.24. The van der Waals surface area contributed by atoms with Crippen LogP contribution in [0, 0.1) is 0 Å². The Balaban J connectivity index is 2.57. The normalized spacial score (nSPS) is 10.7. The van der Waals surface area contributed by atoms with Crippen molar-refractivity contribution in [1.29, 1.82) is 0 Å². The fourth-order valence-corrected chi connectivity index (χ4v) is 2.27. The Kier molecular flexibility index (Phi) is 4.25. The van der Waals surface area contributed by atoms with Gasteiger partial charge in [-0.15, -0.1) is 0 Å². The second-order valence-corrected chi connectivity index (χ2v) is 5.04. The summed E-state index contributed by atoms with van der Waals surface area (Å²) in [5.41, 5.74) is 4.65. The minimum atomic E-state index is 0.927. The molecule has 1 aromatic carbocycles. The predicted molar refractivity (Wildman–Crippen MR) is 84.2 cm³/mol. The molecular weight excluding hydrogens is 234 g/mol. The van der Waals surface area contributed by atoms with Gasteiger partial charge in [0.15, 0.2) is 0 Å². The highest BCUT2D eigenvalue weighted by Gasteiger charge is 2.07. The van der Waals surface area contributed by atoms with Gasteiger partial charge in [0.2, 0.25) is 0 Å². The Morgan fingerprint density at radius 3 is 2.58 bits per heavy atom. The van der Waals surface area contributed by atoms with Crippen molar-refractivity contribution in [3.8, 4) is 0 Å². The van der Waals surface area contributed by atoms with E-state index in [-0.39, 0.29) is 0 Å². The van der Waals surface area contributed by atoms with Crippen molar-refractivity contribution >= 4 is 22.3 Å². The first kappa shape index (κ1) is 13.7. The molecule has 0 aliphatic rings. The number of aromatic nitrogens is 1. The number of fused-ring (bicyclic) bond motifs is 1. The molecule has 0 radical (unpaired) electrons. The number of pyridine rings is 1. The van der Waals surface area contributed by atoms with Crippen LogP contribution in [0.1, 0.15) is 26.0 Å². The zero-order chi connectivity index (χ0) is 13.8. The Morgan fingerprint density at radius 1 is 1.16 bits per heavy atom. The molecule has 0 aliphatic heterocycles. The SMILES string of the molecule is CCCc1cc(NCC)c2cc(N(C)C)ccc2n1. The summed E-state index contributed by atoms with van der Waals surface area (Å²) in [5, 5.41) is 4.66. The van der Waals surface area contributed by atoms with Gasteiger partial charge in [0.25, 0.3) is 0 Å². The molecule has 1 N–H and O–H groups in total. The number of nitrogens with zero attached hydrogens (tertiary/aromatic N) is 2. The molecule has 0 saturated carbocycles. The van der Waals surface area contributed by atoms with Crippen LogP contribution in [0.25, 0.3) is 10.9 Å². The van der Waals surface area contributed by atoms with E-state index in [4.69, 9.17) is 4.98 Å². The highest BCUT2D eigenvalue weighted by Crippen LogP contribution is 2.27. The monoisotopic (exact) mass is 257 g/mol. The van der Waals surface area contributed by atoms with E-state index < -0.39 is 0 Å². The van der Waals surface area contributed by atoms with Crippen LogP contribution in [0.4, 0.5) is 11.4 Å². The van der Waals surface area contributed by atoms with Crippen LogP contribution >= 0.6 is 0 Å². The Bertz CT molecular complexity index is 561. The van der Waals surface area contributed by atoms with Gasteiger partial charge in [-0.3, -0.25) is 4.98 Å². The first-order valence-electron chi connectivity index (χ1n) is 7.00. The van der Waals surface area contributed by atoms with E-state index in [1.165, 1.54) is 22.5 Å². The summed E-state index contributed by atoms with van der Waals surface area (Å²) in [6.45, 7) is 5.24. The van der Waals surface area contributed by atoms with Gasteiger partial charge in [-0.1, -0.05) is 13.3 Å². The van der Waals surface area contributed by atoms with Crippen molar-refractivity contribution in [2.24, 2.45) is 0 Å². The number of nitrogens with one attached hydrogen (secondary N) is 1. The van der Waals surface area contributed by atoms with Crippen LogP contribution < -0.4 is 10.2 Å². The van der Waals surface area contributed by atoms with Gasteiger partial charge >= 0.3 is 0 Å². The highest BCUT2D eigenvalue weighted by atomic mass is 15.1. The minimum Gasteiger partial charge on any atom is -0.385 e. The van der Waals surface area contributed by atoms with Crippen LogP contribution in [-0.2, 0) is 6.42 Å². The molecule has 0 unspecified atom stereocenters. The zero-order valence-electron chi connectivity index (χ0n) is 12.3. The molecule has 1 aromatic heterocycles. The average Bonchev–Trinajstić information content (AvgIpc) is 2.39. The molecule has 0 aliphatic carbocycles. The predicted octanol–water partition coefficient (Wildman–Crippen LogP) is 3.69. The number of rotatable bonds is 5. The molecule has 0 atom stereocenters. The lowest BCUT2D eigenvalue weighted by Crippen LogP contribution is -2.08. The van der Waals surface area contributed by atoms with E-state index in [9.17, 15) is 0 Å². The molecule has 3 nitrogen and oxygen atoms in total. The van der Waals surface area contributed by atoms with Crippen molar-refractivity contribution in [3.63, 3.8) is 0 Å². The number of aryl methyl sites for hydroxylation is 1. The molecule has 0 saturated heterocycles. The van der Waals surface area contributed by atoms with Crippen LogP contribution in [0.3, 0.4) is 0 Å². The van der Waals surface area contributed by atoms with Gasteiger partial charge in [0.1, 0.15) is 0 Å². The number of hydrogen-bond donors (Lipinski definition) is 1. The summed E-state index contributed by atoms with van der Waals surface area (Å²) in [4.78, 5) is 6.87. The molecule has 3 heteroatoms. The smallest absolute Gasteiger partial charge is 0.0727 e. The maximum Gasteiger partial charge on any atom is 0.0727 e. The first-order valence-corrected chi connectivity index (χ1v) is 7.00. The largest absolute Gasteiger partial charge is 0.385 e. The van der Waals surface area contributed by atoms with Crippen molar-refractivity contribution in [3.05, 3.63) is 30.0 Å². The Morgan fingerprint density at radius 2 is 1.95 bits per heavy atom. The van der Waals surface area contributed by atoms with E-state index in [0.29, 0.717) is 0 Å². The van der Waals surface area contributed by atoms with Gasteiger partial charge in [0.05, 0.1) is 5.52 Å². The molecule has 19 heavy (non-hydrogen) atoms. The molecule has 0 spiro atoms. The number of anilines is 2. The lowest BCUT2D eigenvalue weighted by Gasteiger charge is -2.15. The summed E-state index contributed by atoms with van der Waals surface area (Å²) in [7, 11) is 4.12. The third-order valence-corrected chi connectivity index (χ3v) is 3.24. The average molecular weight is 257 g/mol. The topological polar surface area (TPSA) is 28.2 Å². The fourth-order valence-electron chi connectivity index (χ4n) is 2.27. The standard InChI is InChI=1S/C16H23N3/c1-5-7-12-10-16(17-6-2)14-11-13(19(3)4)8-9-15(14)18-12/h8-11H,5-7H2,1-4H3,(H,17,18). The van der Waals surface area contributed by atoms with E-state index >= 15 is 0 Å². The highest BCUT2D eigenvalue weighted by molar-refractivity contribution is 5.93. The maximum atomic E-state index is 4.75. The van der Waals surface area contributed by atoms with Crippen LogP contribution in [-0.4, -0.2) is 25.6 Å². The van der Waals surface area contributed by atoms with E-state index in [1.807, 2.05) is 0 Å². The zero-order valence-corrected chi connectivity index (χ0v) is 12.3. The van der Waals surface area contributed by atoms with Gasteiger partial charge < -0.3 is 10.2 Å². The van der Waals surface area contributed by atoms with E-state index in [1.54, 1.807) is 0 Å². The Labute approximate surface area is 115 Å². The third kappa shape index (κ3) is 2.98. The lowest BCUT2D eigenvalue weighted by molar-refractivity contribution is 0.890. The number of hydrogen-bond acceptors (Lipinski definition) is 3. The Hall–Kier alpha value is -1.77. The van der Waals surface area contributed by atoms with Gasteiger partial charge in [0, 0.05) is 43.1 Å². The van der Waals surface area contributed by atoms with Crippen molar-refractivity contribution in [2.45, 2.75) is 26.7 Å². The van der Waals surface area contributed by atoms with Gasteiger partial charge in [-0.25, -0.2) is 0 Å². The molecule has 102 valence electrons. The minimum absolute atomic E-state index is 0.927. The van der Waals surface area contributed by atoms with Crippen LogP contribution in [0.5, 0.6) is 0 Å². The van der Waals surface area contributed by atoms with Gasteiger partial charge in [-0.05, 0) is 37.6 Å². The first-order chi connectivity index (χ1) is 9.15. The van der Waals surface area contributed by atoms with E-state index in [2.05, 4.69) is 62.4 Å². The van der Waals surface area contributed by atoms with Crippen molar-refractivity contribution in [1.82, 2.24) is 4.98 Å². The summed E-state index contributed by atoms with van der Waals surface area (Å²) in [5.74, 6) is 0. The summed E-state index contributed by atoms with van der Waals surface area (Å²) in [6, 6.07) is 8.64. The summed E-state index contributed by atoms with van der Waals surface area (Å²) >= 11 is 0. The van der Waals surface area contributed by atoms with Crippen molar-refractivity contribution in [2.75, 3.05) is 30.9 Å². The molecule has 0 fully saturated rings. The second kappa shape index (κ2) is 5.91.